The average Bonchev–Trinajstić information content (AvgIpc) is 2.82. The number of hydrogen-bond donors (Lipinski definition) is 0. The summed E-state index contributed by atoms with van der Waals surface area (Å²) in [5, 5.41) is 1.51. The van der Waals surface area contributed by atoms with Gasteiger partial charge in [-0.25, -0.2) is 4.98 Å². The molecule has 0 aliphatic carbocycles. The monoisotopic (exact) mass is 280 g/mol. The maximum Gasteiger partial charge on any atom is 0.0961 e. The van der Waals surface area contributed by atoms with Gasteiger partial charge in [-0.15, -0.1) is 0 Å². The number of aromatic nitrogens is 2. The van der Waals surface area contributed by atoms with E-state index in [9.17, 15) is 0 Å². The fourth-order valence-electron chi connectivity index (χ4n) is 2.44. The Hall–Kier alpha value is -1.87. The van der Waals surface area contributed by atoms with E-state index in [0.717, 1.165) is 12.1 Å². The normalized spacial score (nSPS) is 11.9. The topological polar surface area (TPSA) is 17.8 Å². The smallest absolute Gasteiger partial charge is 0.0961 e. The van der Waals surface area contributed by atoms with Crippen molar-refractivity contribution in [2.45, 2.75) is 26.2 Å². The molecule has 0 N–H and O–H groups in total. The molecule has 0 bridgehead atoms. The number of fused-ring (bicyclic) bond motifs is 1. The molecule has 0 aliphatic rings. The molecule has 0 radical (unpaired) electrons. The first kappa shape index (κ1) is 13.1. The Morgan fingerprint density at radius 2 is 1.65 bits per heavy atom. The second-order valence-electron chi connectivity index (χ2n) is 6.31. The lowest BCUT2D eigenvalue weighted by Gasteiger charge is -2.16. The fourth-order valence-corrected chi connectivity index (χ4v) is 3.61. The molecule has 0 saturated heterocycles. The van der Waals surface area contributed by atoms with E-state index < -0.39 is 8.07 Å². The van der Waals surface area contributed by atoms with Gasteiger partial charge in [0.05, 0.1) is 25.4 Å². The highest BCUT2D eigenvalue weighted by Crippen LogP contribution is 2.14. The van der Waals surface area contributed by atoms with Crippen LogP contribution in [-0.4, -0.2) is 17.6 Å². The molecule has 3 aromatic rings. The molecule has 2 nitrogen and oxygen atoms in total. The minimum absolute atomic E-state index is 0.881. The van der Waals surface area contributed by atoms with Gasteiger partial charge >= 0.3 is 0 Å². The molecule has 0 amide bonds. The fraction of sp³-hybridized carbons (Fsp3) is 0.235. The molecule has 0 unspecified atom stereocenters. The van der Waals surface area contributed by atoms with E-state index >= 15 is 0 Å². The lowest BCUT2D eigenvalue weighted by atomic mass is 10.2. The molecule has 0 atom stereocenters. The van der Waals surface area contributed by atoms with Gasteiger partial charge in [0.15, 0.2) is 0 Å². The van der Waals surface area contributed by atoms with Crippen molar-refractivity contribution in [2.24, 2.45) is 0 Å². The molecule has 0 saturated carbocycles. The van der Waals surface area contributed by atoms with Crippen LogP contribution in [0.4, 0.5) is 0 Å². The van der Waals surface area contributed by atoms with Gasteiger partial charge in [0.1, 0.15) is 0 Å². The van der Waals surface area contributed by atoms with Gasteiger partial charge in [0.25, 0.3) is 0 Å². The minimum atomic E-state index is -1.20. The number of imidazole rings is 1. The van der Waals surface area contributed by atoms with Crippen LogP contribution in [0.3, 0.4) is 0 Å². The summed E-state index contributed by atoms with van der Waals surface area (Å²) in [7, 11) is -1.20. The maximum absolute atomic E-state index is 4.44. The third-order valence-electron chi connectivity index (χ3n) is 3.70. The number of para-hydroxylation sites is 2. The van der Waals surface area contributed by atoms with Crippen LogP contribution in [0.2, 0.25) is 19.6 Å². The molecule has 1 aromatic heterocycles. The quantitative estimate of drug-likeness (QED) is 0.670. The standard InChI is InChI=1S/C17H20N2Si/c1-20(2,3)15-10-8-14(9-11-15)12-19-13-18-16-6-4-5-7-17(16)19/h4-11,13H,12H2,1-3H3. The summed E-state index contributed by atoms with van der Waals surface area (Å²) in [6.07, 6.45) is 1.93. The van der Waals surface area contributed by atoms with Gasteiger partial charge in [-0.3, -0.25) is 0 Å². The Morgan fingerprint density at radius 3 is 2.35 bits per heavy atom. The highest BCUT2D eigenvalue weighted by Gasteiger charge is 2.15. The van der Waals surface area contributed by atoms with Gasteiger partial charge in [0.2, 0.25) is 0 Å². The van der Waals surface area contributed by atoms with Crippen molar-refractivity contribution in [1.29, 1.82) is 0 Å². The Balaban J connectivity index is 1.88. The number of benzene rings is 2. The first-order chi connectivity index (χ1) is 9.54. The third-order valence-corrected chi connectivity index (χ3v) is 5.77. The Morgan fingerprint density at radius 1 is 0.950 bits per heavy atom. The Labute approximate surface area is 121 Å². The minimum Gasteiger partial charge on any atom is -0.326 e. The molecule has 3 rings (SSSR count). The second-order valence-corrected chi connectivity index (χ2v) is 11.4. The van der Waals surface area contributed by atoms with Crippen LogP contribution in [0.15, 0.2) is 54.9 Å². The van der Waals surface area contributed by atoms with E-state index in [1.165, 1.54) is 16.3 Å². The first-order valence-electron chi connectivity index (χ1n) is 7.03. The molecule has 20 heavy (non-hydrogen) atoms. The molecular formula is C17H20N2Si. The predicted molar refractivity (Wildman–Crippen MR) is 88.3 cm³/mol. The van der Waals surface area contributed by atoms with Gasteiger partial charge in [0, 0.05) is 6.54 Å². The van der Waals surface area contributed by atoms with Crippen LogP contribution in [-0.2, 0) is 6.54 Å². The third kappa shape index (κ3) is 2.54. The van der Waals surface area contributed by atoms with Crippen molar-refractivity contribution in [3.63, 3.8) is 0 Å². The van der Waals surface area contributed by atoms with Crippen molar-refractivity contribution in [3.8, 4) is 0 Å². The highest BCUT2D eigenvalue weighted by molar-refractivity contribution is 6.88. The predicted octanol–water partition coefficient (Wildman–Crippen LogP) is 3.63. The van der Waals surface area contributed by atoms with Crippen molar-refractivity contribution >= 4 is 24.3 Å². The zero-order valence-electron chi connectivity index (χ0n) is 12.3. The van der Waals surface area contributed by atoms with E-state index in [4.69, 9.17) is 0 Å². The van der Waals surface area contributed by atoms with Crippen molar-refractivity contribution in [3.05, 3.63) is 60.4 Å². The molecular weight excluding hydrogens is 260 g/mol. The summed E-state index contributed by atoms with van der Waals surface area (Å²) >= 11 is 0. The van der Waals surface area contributed by atoms with Crippen molar-refractivity contribution in [1.82, 2.24) is 9.55 Å². The Bertz CT molecular complexity index is 721. The number of nitrogens with zero attached hydrogens (tertiary/aromatic N) is 2. The molecule has 0 aliphatic heterocycles. The van der Waals surface area contributed by atoms with E-state index in [0.29, 0.717) is 0 Å². The lowest BCUT2D eigenvalue weighted by molar-refractivity contribution is 0.825. The molecule has 102 valence electrons. The molecule has 3 heteroatoms. The molecule has 2 aromatic carbocycles. The second kappa shape index (κ2) is 4.91. The van der Waals surface area contributed by atoms with Gasteiger partial charge in [-0.1, -0.05) is 61.2 Å². The molecule has 0 spiro atoms. The van der Waals surface area contributed by atoms with Crippen LogP contribution in [0, 0.1) is 0 Å². The summed E-state index contributed by atoms with van der Waals surface area (Å²) in [6, 6.07) is 17.4. The number of rotatable bonds is 3. The van der Waals surface area contributed by atoms with Crippen molar-refractivity contribution in [2.75, 3.05) is 0 Å². The summed E-state index contributed by atoms with van der Waals surface area (Å²) in [6.45, 7) is 8.02. The van der Waals surface area contributed by atoms with E-state index in [1.807, 2.05) is 12.4 Å². The van der Waals surface area contributed by atoms with E-state index in [-0.39, 0.29) is 0 Å². The zero-order chi connectivity index (χ0) is 14.2. The summed E-state index contributed by atoms with van der Waals surface area (Å²) in [5.41, 5.74) is 3.59. The van der Waals surface area contributed by atoms with Gasteiger partial charge < -0.3 is 4.57 Å². The van der Waals surface area contributed by atoms with Crippen LogP contribution >= 0.6 is 0 Å². The van der Waals surface area contributed by atoms with Crippen LogP contribution in [0.5, 0.6) is 0 Å². The first-order valence-corrected chi connectivity index (χ1v) is 10.5. The summed E-state index contributed by atoms with van der Waals surface area (Å²) in [4.78, 5) is 4.44. The van der Waals surface area contributed by atoms with E-state index in [1.54, 1.807) is 0 Å². The van der Waals surface area contributed by atoms with E-state index in [2.05, 4.69) is 71.7 Å². The largest absolute Gasteiger partial charge is 0.326 e. The summed E-state index contributed by atoms with van der Waals surface area (Å²) in [5.74, 6) is 0. The van der Waals surface area contributed by atoms with Crippen LogP contribution < -0.4 is 5.19 Å². The van der Waals surface area contributed by atoms with Crippen LogP contribution in [0.1, 0.15) is 5.56 Å². The maximum atomic E-state index is 4.44. The highest BCUT2D eigenvalue weighted by atomic mass is 28.3. The summed E-state index contributed by atoms with van der Waals surface area (Å²) < 4.78 is 2.21. The average molecular weight is 280 g/mol. The molecule has 0 fully saturated rings. The van der Waals surface area contributed by atoms with Gasteiger partial charge in [-0.2, -0.15) is 0 Å². The number of hydrogen-bond acceptors (Lipinski definition) is 1. The Kier molecular flexibility index (Phi) is 3.22. The van der Waals surface area contributed by atoms with Crippen molar-refractivity contribution < 1.29 is 0 Å². The SMILES string of the molecule is C[Si](C)(C)c1ccc(Cn2cnc3ccccc32)cc1. The lowest BCUT2D eigenvalue weighted by Crippen LogP contribution is -2.37. The molecule has 1 heterocycles. The van der Waals surface area contributed by atoms with Crippen LogP contribution in [0.25, 0.3) is 11.0 Å². The van der Waals surface area contributed by atoms with Gasteiger partial charge in [-0.05, 0) is 17.7 Å². The zero-order valence-corrected chi connectivity index (χ0v) is 13.3.